The van der Waals surface area contributed by atoms with Gasteiger partial charge in [0.25, 0.3) is 0 Å². The third kappa shape index (κ3) is 2.95. The van der Waals surface area contributed by atoms with E-state index in [1.807, 2.05) is 0 Å². The van der Waals surface area contributed by atoms with E-state index >= 15 is 0 Å². The molecule has 0 aliphatic carbocycles. The van der Waals surface area contributed by atoms with Gasteiger partial charge < -0.3 is 5.11 Å². The van der Waals surface area contributed by atoms with Crippen molar-refractivity contribution in [1.82, 2.24) is 9.78 Å². The van der Waals surface area contributed by atoms with Crippen LogP contribution in [0.5, 0.6) is 0 Å². The van der Waals surface area contributed by atoms with Crippen LogP contribution in [0, 0.1) is 5.82 Å². The van der Waals surface area contributed by atoms with Crippen LogP contribution in [0.1, 0.15) is 21.7 Å². The fourth-order valence-corrected chi connectivity index (χ4v) is 1.63. The molecule has 0 spiro atoms. The summed E-state index contributed by atoms with van der Waals surface area (Å²) in [6.07, 6.45) is -4.72. The van der Waals surface area contributed by atoms with Crippen LogP contribution in [0.15, 0.2) is 30.3 Å². The van der Waals surface area contributed by atoms with Gasteiger partial charge in [0.1, 0.15) is 11.5 Å². The van der Waals surface area contributed by atoms with E-state index in [2.05, 4.69) is 5.10 Å². The third-order valence-electron chi connectivity index (χ3n) is 2.54. The second-order valence-electron chi connectivity index (χ2n) is 4.00. The highest BCUT2D eigenvalue weighted by molar-refractivity contribution is 5.85. The number of carboxylic acid groups (broad SMARTS) is 1. The minimum absolute atomic E-state index is 0.303. The Morgan fingerprint density at radius 1 is 1.25 bits per heavy atom. The Hall–Kier alpha value is -2.38. The molecule has 8 heteroatoms. The van der Waals surface area contributed by atoms with Gasteiger partial charge in [-0.3, -0.25) is 4.68 Å². The smallest absolute Gasteiger partial charge is 0.433 e. The topological polar surface area (TPSA) is 55.1 Å². The van der Waals surface area contributed by atoms with Gasteiger partial charge in [0, 0.05) is 6.07 Å². The number of aromatic nitrogens is 2. The lowest BCUT2D eigenvalue weighted by atomic mass is 10.2. The molecule has 1 aromatic carbocycles. The Kier molecular flexibility index (Phi) is 3.47. The van der Waals surface area contributed by atoms with Gasteiger partial charge >= 0.3 is 12.1 Å². The van der Waals surface area contributed by atoms with Crippen molar-refractivity contribution in [2.75, 3.05) is 0 Å². The average Bonchev–Trinajstić information content (AvgIpc) is 2.76. The van der Waals surface area contributed by atoms with Gasteiger partial charge in [0.15, 0.2) is 5.69 Å². The van der Waals surface area contributed by atoms with Gasteiger partial charge in [-0.05, 0) is 17.7 Å². The molecule has 1 heterocycles. The van der Waals surface area contributed by atoms with Crippen LogP contribution >= 0.6 is 0 Å². The van der Waals surface area contributed by atoms with Crippen molar-refractivity contribution in [1.29, 1.82) is 0 Å². The van der Waals surface area contributed by atoms with Crippen LogP contribution in [0.4, 0.5) is 17.6 Å². The van der Waals surface area contributed by atoms with E-state index < -0.39 is 29.4 Å². The first-order valence-corrected chi connectivity index (χ1v) is 5.40. The summed E-state index contributed by atoms with van der Waals surface area (Å²) < 4.78 is 51.6. The normalized spacial score (nSPS) is 11.6. The molecule has 2 aromatic rings. The van der Waals surface area contributed by atoms with Crippen molar-refractivity contribution in [3.8, 4) is 0 Å². The predicted octanol–water partition coefficient (Wildman–Crippen LogP) is 2.79. The lowest BCUT2D eigenvalue weighted by Crippen LogP contribution is -2.15. The summed E-state index contributed by atoms with van der Waals surface area (Å²) in [4.78, 5) is 10.7. The minimum Gasteiger partial charge on any atom is -0.476 e. The summed E-state index contributed by atoms with van der Waals surface area (Å²) in [6, 6.07) is 5.27. The SMILES string of the molecule is O=C(O)c1cc(C(F)(F)F)n(Cc2ccc(F)cc2)n1. The van der Waals surface area contributed by atoms with Gasteiger partial charge in [0.05, 0.1) is 6.54 Å². The van der Waals surface area contributed by atoms with Crippen LogP contribution in [0.25, 0.3) is 0 Å². The van der Waals surface area contributed by atoms with Gasteiger partial charge in [0.2, 0.25) is 0 Å². The first kappa shape index (κ1) is 14.0. The van der Waals surface area contributed by atoms with Crippen LogP contribution in [0.2, 0.25) is 0 Å². The summed E-state index contributed by atoms with van der Waals surface area (Å²) in [5.74, 6) is -2.06. The summed E-state index contributed by atoms with van der Waals surface area (Å²) >= 11 is 0. The highest BCUT2D eigenvalue weighted by Crippen LogP contribution is 2.30. The number of rotatable bonds is 3. The van der Waals surface area contributed by atoms with E-state index in [1.165, 1.54) is 12.1 Å². The highest BCUT2D eigenvalue weighted by Gasteiger charge is 2.36. The number of benzene rings is 1. The molecule has 0 saturated heterocycles. The maximum atomic E-state index is 12.8. The van der Waals surface area contributed by atoms with Gasteiger partial charge in [-0.15, -0.1) is 0 Å². The summed E-state index contributed by atoms with van der Waals surface area (Å²) in [6.45, 7) is -0.303. The van der Waals surface area contributed by atoms with E-state index in [0.717, 1.165) is 12.1 Å². The van der Waals surface area contributed by atoms with E-state index in [9.17, 15) is 22.4 Å². The zero-order chi connectivity index (χ0) is 14.9. The fourth-order valence-electron chi connectivity index (χ4n) is 1.63. The Bertz CT molecular complexity index is 632. The van der Waals surface area contributed by atoms with Gasteiger partial charge in [-0.2, -0.15) is 18.3 Å². The van der Waals surface area contributed by atoms with E-state index in [-0.39, 0.29) is 6.54 Å². The molecule has 20 heavy (non-hydrogen) atoms. The molecule has 0 radical (unpaired) electrons. The van der Waals surface area contributed by atoms with Crippen molar-refractivity contribution in [2.24, 2.45) is 0 Å². The summed E-state index contributed by atoms with van der Waals surface area (Å²) in [5.41, 5.74) is -1.49. The van der Waals surface area contributed by atoms with E-state index in [1.54, 1.807) is 0 Å². The zero-order valence-corrected chi connectivity index (χ0v) is 9.86. The minimum atomic E-state index is -4.72. The van der Waals surface area contributed by atoms with Crippen molar-refractivity contribution in [2.45, 2.75) is 12.7 Å². The highest BCUT2D eigenvalue weighted by atomic mass is 19.4. The number of halogens is 4. The summed E-state index contributed by atoms with van der Waals surface area (Å²) in [7, 11) is 0. The third-order valence-corrected chi connectivity index (χ3v) is 2.54. The van der Waals surface area contributed by atoms with E-state index in [4.69, 9.17) is 5.11 Å². The molecule has 0 atom stereocenters. The molecule has 0 aliphatic rings. The van der Waals surface area contributed by atoms with Crippen LogP contribution < -0.4 is 0 Å². The van der Waals surface area contributed by atoms with Crippen molar-refractivity contribution < 1.29 is 27.5 Å². The second-order valence-corrected chi connectivity index (χ2v) is 4.00. The van der Waals surface area contributed by atoms with Crippen LogP contribution in [0.3, 0.4) is 0 Å². The largest absolute Gasteiger partial charge is 0.476 e. The molecule has 0 amide bonds. The molecular weight excluding hydrogens is 280 g/mol. The monoisotopic (exact) mass is 288 g/mol. The number of nitrogens with zero attached hydrogens (tertiary/aromatic N) is 2. The molecule has 1 N–H and O–H groups in total. The Morgan fingerprint density at radius 2 is 1.85 bits per heavy atom. The fraction of sp³-hybridized carbons (Fsp3) is 0.167. The Morgan fingerprint density at radius 3 is 2.35 bits per heavy atom. The number of hydrogen-bond donors (Lipinski definition) is 1. The lowest BCUT2D eigenvalue weighted by molar-refractivity contribution is -0.144. The standard InChI is InChI=1S/C12H8F4N2O2/c13-8-3-1-7(2-4-8)6-18-10(12(14,15)16)5-9(17-18)11(19)20/h1-5H,6H2,(H,19,20). The van der Waals surface area contributed by atoms with E-state index in [0.29, 0.717) is 16.3 Å². The number of aromatic carboxylic acids is 1. The van der Waals surface area contributed by atoms with Crippen LogP contribution in [-0.4, -0.2) is 20.9 Å². The first-order chi connectivity index (χ1) is 9.27. The Balaban J connectivity index is 2.39. The van der Waals surface area contributed by atoms with Crippen molar-refractivity contribution in [3.05, 3.63) is 53.1 Å². The molecule has 0 aliphatic heterocycles. The molecular formula is C12H8F4N2O2. The molecule has 0 bridgehead atoms. The number of carboxylic acids is 1. The second kappa shape index (κ2) is 4.95. The first-order valence-electron chi connectivity index (χ1n) is 5.40. The molecule has 0 unspecified atom stereocenters. The molecule has 106 valence electrons. The molecule has 1 aromatic heterocycles. The summed E-state index contributed by atoms with van der Waals surface area (Å²) in [5, 5.41) is 12.1. The number of hydrogen-bond acceptors (Lipinski definition) is 2. The number of carbonyl (C=O) groups is 1. The maximum Gasteiger partial charge on any atom is 0.433 e. The van der Waals surface area contributed by atoms with Crippen molar-refractivity contribution >= 4 is 5.97 Å². The molecule has 2 rings (SSSR count). The molecule has 4 nitrogen and oxygen atoms in total. The predicted molar refractivity (Wildman–Crippen MR) is 59.7 cm³/mol. The van der Waals surface area contributed by atoms with Gasteiger partial charge in [-0.25, -0.2) is 9.18 Å². The maximum absolute atomic E-state index is 12.8. The Labute approximate surface area is 110 Å². The van der Waals surface area contributed by atoms with Crippen molar-refractivity contribution in [3.63, 3.8) is 0 Å². The number of alkyl halides is 3. The molecule has 0 fully saturated rings. The molecule has 0 saturated carbocycles. The zero-order valence-electron chi connectivity index (χ0n) is 9.86. The lowest BCUT2D eigenvalue weighted by Gasteiger charge is -2.10. The van der Waals surface area contributed by atoms with Crippen LogP contribution in [-0.2, 0) is 12.7 Å². The van der Waals surface area contributed by atoms with Gasteiger partial charge in [-0.1, -0.05) is 12.1 Å². The average molecular weight is 288 g/mol. The quantitative estimate of drug-likeness (QED) is 0.884.